The maximum Gasteiger partial charge on any atom is 0.416 e. The van der Waals surface area contributed by atoms with Crippen molar-refractivity contribution in [3.8, 4) is 0 Å². The third-order valence-electron chi connectivity index (χ3n) is 3.72. The maximum absolute atomic E-state index is 12.6. The minimum Gasteiger partial charge on any atom is -0.444 e. The van der Waals surface area contributed by atoms with Crippen LogP contribution in [0.5, 0.6) is 0 Å². The number of alkyl halides is 3. The van der Waals surface area contributed by atoms with Gasteiger partial charge in [-0.1, -0.05) is 12.1 Å². The summed E-state index contributed by atoms with van der Waals surface area (Å²) in [4.78, 5) is 25.6. The molecule has 0 aromatic heterocycles. The van der Waals surface area contributed by atoms with E-state index < -0.39 is 29.4 Å². The second kappa shape index (κ2) is 6.45. The Labute approximate surface area is 138 Å². The lowest BCUT2D eigenvalue weighted by molar-refractivity contribution is -0.137. The number of halogens is 3. The molecule has 24 heavy (non-hydrogen) atoms. The topological polar surface area (TPSA) is 46.6 Å². The van der Waals surface area contributed by atoms with Crippen molar-refractivity contribution in [2.45, 2.75) is 44.9 Å². The van der Waals surface area contributed by atoms with Gasteiger partial charge in [0.2, 0.25) is 0 Å². The largest absolute Gasteiger partial charge is 0.444 e. The van der Waals surface area contributed by atoms with E-state index in [1.165, 1.54) is 17.0 Å². The first kappa shape index (κ1) is 18.3. The number of carbonyl (C=O) groups excluding carboxylic acids is 2. The smallest absolute Gasteiger partial charge is 0.416 e. The van der Waals surface area contributed by atoms with Gasteiger partial charge in [0.05, 0.1) is 12.1 Å². The summed E-state index contributed by atoms with van der Waals surface area (Å²) in [7, 11) is 0. The molecule has 132 valence electrons. The summed E-state index contributed by atoms with van der Waals surface area (Å²) in [6.45, 7) is 5.44. The quantitative estimate of drug-likeness (QED) is 0.774. The monoisotopic (exact) mass is 343 g/mol. The zero-order chi connectivity index (χ0) is 18.1. The van der Waals surface area contributed by atoms with Gasteiger partial charge in [-0.05, 0) is 44.9 Å². The molecule has 1 aromatic rings. The molecule has 1 aliphatic heterocycles. The number of likely N-dealkylation sites (tertiary alicyclic amines) is 1. The van der Waals surface area contributed by atoms with Crippen molar-refractivity contribution >= 4 is 11.9 Å². The van der Waals surface area contributed by atoms with E-state index in [0.717, 1.165) is 12.1 Å². The third kappa shape index (κ3) is 4.49. The number of nitrogens with zero attached hydrogens (tertiary/aromatic N) is 1. The van der Waals surface area contributed by atoms with E-state index in [-0.39, 0.29) is 12.3 Å². The van der Waals surface area contributed by atoms with Gasteiger partial charge in [-0.3, -0.25) is 4.79 Å². The van der Waals surface area contributed by atoms with Gasteiger partial charge in [-0.15, -0.1) is 0 Å². The van der Waals surface area contributed by atoms with Gasteiger partial charge in [0.1, 0.15) is 5.60 Å². The van der Waals surface area contributed by atoms with Crippen molar-refractivity contribution in [2.75, 3.05) is 13.1 Å². The zero-order valence-corrected chi connectivity index (χ0v) is 13.8. The van der Waals surface area contributed by atoms with Gasteiger partial charge < -0.3 is 9.64 Å². The van der Waals surface area contributed by atoms with Crippen LogP contribution in [0.4, 0.5) is 18.0 Å². The predicted molar refractivity (Wildman–Crippen MR) is 81.6 cm³/mol. The van der Waals surface area contributed by atoms with E-state index >= 15 is 0 Å². The Kier molecular flexibility index (Phi) is 4.92. The van der Waals surface area contributed by atoms with Gasteiger partial charge in [0.15, 0.2) is 5.78 Å². The number of ketones is 1. The number of rotatable bonds is 1. The third-order valence-corrected chi connectivity index (χ3v) is 3.72. The summed E-state index contributed by atoms with van der Waals surface area (Å²) in [5.41, 5.74) is -0.855. The van der Waals surface area contributed by atoms with E-state index in [2.05, 4.69) is 0 Å². The molecular formula is C17H20F3NO3. The molecule has 0 saturated carbocycles. The van der Waals surface area contributed by atoms with E-state index in [0.29, 0.717) is 18.5 Å². The number of piperidine rings is 1. The number of hydrogen-bond acceptors (Lipinski definition) is 3. The molecule has 0 unspecified atom stereocenters. The number of Topliss-reactive ketones (excluding diaryl/α,β-unsaturated/α-hetero) is 1. The fourth-order valence-corrected chi connectivity index (χ4v) is 2.56. The van der Waals surface area contributed by atoms with Crippen LogP contribution in [0.1, 0.15) is 44.2 Å². The first-order valence-electron chi connectivity index (χ1n) is 7.65. The van der Waals surface area contributed by atoms with E-state index in [1.54, 1.807) is 20.8 Å². The highest BCUT2D eigenvalue weighted by atomic mass is 19.4. The van der Waals surface area contributed by atoms with Crippen LogP contribution in [-0.2, 0) is 15.7 Å². The molecule has 4 nitrogen and oxygen atoms in total. The van der Waals surface area contributed by atoms with Gasteiger partial charge in [-0.25, -0.2) is 4.79 Å². The normalized spacial score (nSPS) is 19.3. The maximum atomic E-state index is 12.6. The fraction of sp³-hybridized carbons (Fsp3) is 0.529. The standard InChI is InChI=1S/C17H20F3NO3/c1-16(2,3)24-15(23)21-9-8-13(14(22)10-21)11-4-6-12(7-5-11)17(18,19)20/h4-7,13H,8-10H2,1-3H3/t13-/m0/s1. The first-order valence-corrected chi connectivity index (χ1v) is 7.65. The molecule has 2 rings (SSSR count). The molecule has 0 bridgehead atoms. The van der Waals surface area contributed by atoms with Crippen LogP contribution < -0.4 is 0 Å². The molecule has 1 aromatic carbocycles. The van der Waals surface area contributed by atoms with E-state index in [4.69, 9.17) is 4.74 Å². The predicted octanol–water partition coefficient (Wildman–Crippen LogP) is 4.00. The fourth-order valence-electron chi connectivity index (χ4n) is 2.56. The molecule has 0 aliphatic carbocycles. The van der Waals surface area contributed by atoms with Gasteiger partial charge in [0, 0.05) is 12.5 Å². The molecule has 1 atom stereocenters. The first-order chi connectivity index (χ1) is 11.0. The second-order valence-corrected chi connectivity index (χ2v) is 6.83. The minimum absolute atomic E-state index is 0.0966. The van der Waals surface area contributed by atoms with Crippen molar-refractivity contribution < 1.29 is 27.5 Å². The van der Waals surface area contributed by atoms with E-state index in [1.807, 2.05) is 0 Å². The number of carbonyl (C=O) groups is 2. The van der Waals surface area contributed by atoms with Crippen LogP contribution in [0.15, 0.2) is 24.3 Å². The number of amides is 1. The molecule has 7 heteroatoms. The van der Waals surface area contributed by atoms with Crippen LogP contribution in [-0.4, -0.2) is 35.5 Å². The molecule has 1 amide bonds. The van der Waals surface area contributed by atoms with Crippen molar-refractivity contribution in [1.29, 1.82) is 0 Å². The average molecular weight is 343 g/mol. The van der Waals surface area contributed by atoms with Crippen molar-refractivity contribution in [3.63, 3.8) is 0 Å². The van der Waals surface area contributed by atoms with E-state index in [9.17, 15) is 22.8 Å². The summed E-state index contributed by atoms with van der Waals surface area (Å²) in [6, 6.07) is 4.61. The molecule has 1 heterocycles. The number of hydrogen-bond donors (Lipinski definition) is 0. The Morgan fingerprint density at radius 3 is 2.21 bits per heavy atom. The van der Waals surface area contributed by atoms with Crippen LogP contribution in [0.25, 0.3) is 0 Å². The van der Waals surface area contributed by atoms with Crippen molar-refractivity contribution in [2.24, 2.45) is 0 Å². The van der Waals surface area contributed by atoms with Crippen LogP contribution in [0.2, 0.25) is 0 Å². The molecule has 0 spiro atoms. The SMILES string of the molecule is CC(C)(C)OC(=O)N1CC[C@@H](c2ccc(C(F)(F)F)cc2)C(=O)C1. The molecule has 1 fully saturated rings. The zero-order valence-electron chi connectivity index (χ0n) is 13.8. The molecule has 0 N–H and O–H groups in total. The summed E-state index contributed by atoms with van der Waals surface area (Å²) < 4.78 is 43.0. The Morgan fingerprint density at radius 1 is 1.17 bits per heavy atom. The summed E-state index contributed by atoms with van der Waals surface area (Å²) >= 11 is 0. The lowest BCUT2D eigenvalue weighted by atomic mass is 9.88. The lowest BCUT2D eigenvalue weighted by Gasteiger charge is -2.32. The minimum atomic E-state index is -4.40. The summed E-state index contributed by atoms with van der Waals surface area (Å²) in [5, 5.41) is 0. The Bertz CT molecular complexity index is 617. The number of ether oxygens (including phenoxy) is 1. The molecule has 1 aliphatic rings. The average Bonchev–Trinajstić information content (AvgIpc) is 2.44. The highest BCUT2D eigenvalue weighted by molar-refractivity contribution is 5.90. The number of benzene rings is 1. The highest BCUT2D eigenvalue weighted by Gasteiger charge is 2.34. The summed E-state index contributed by atoms with van der Waals surface area (Å²) in [6.07, 6.45) is -4.59. The molecule has 1 saturated heterocycles. The highest BCUT2D eigenvalue weighted by Crippen LogP contribution is 2.32. The lowest BCUT2D eigenvalue weighted by Crippen LogP contribution is -2.45. The summed E-state index contributed by atoms with van der Waals surface area (Å²) in [5.74, 6) is -0.696. The van der Waals surface area contributed by atoms with Crippen LogP contribution in [0, 0.1) is 0 Å². The van der Waals surface area contributed by atoms with Crippen molar-refractivity contribution in [1.82, 2.24) is 4.90 Å². The Morgan fingerprint density at radius 2 is 1.75 bits per heavy atom. The Balaban J connectivity index is 2.04. The Hall–Kier alpha value is -2.05. The van der Waals surface area contributed by atoms with Crippen molar-refractivity contribution in [3.05, 3.63) is 35.4 Å². The second-order valence-electron chi connectivity index (χ2n) is 6.83. The van der Waals surface area contributed by atoms with Gasteiger partial charge in [0.25, 0.3) is 0 Å². The van der Waals surface area contributed by atoms with Crippen LogP contribution >= 0.6 is 0 Å². The van der Waals surface area contributed by atoms with Gasteiger partial charge >= 0.3 is 12.3 Å². The molecule has 0 radical (unpaired) electrons. The van der Waals surface area contributed by atoms with Gasteiger partial charge in [-0.2, -0.15) is 13.2 Å². The van der Waals surface area contributed by atoms with Crippen LogP contribution in [0.3, 0.4) is 0 Å². The molecular weight excluding hydrogens is 323 g/mol.